The van der Waals surface area contributed by atoms with Crippen LogP contribution in [-0.4, -0.2) is 26.0 Å². The van der Waals surface area contributed by atoms with Crippen LogP contribution < -0.4 is 4.74 Å². The molecule has 0 aliphatic carbocycles. The zero-order chi connectivity index (χ0) is 14.8. The van der Waals surface area contributed by atoms with Crippen molar-refractivity contribution in [3.8, 4) is 11.8 Å². The maximum Gasteiger partial charge on any atom is 0.152 e. The second-order valence-electron chi connectivity index (χ2n) is 5.45. The minimum Gasteiger partial charge on any atom is -0.493 e. The average Bonchev–Trinajstić information content (AvgIpc) is 2.45. The summed E-state index contributed by atoms with van der Waals surface area (Å²) in [6.45, 7) is 3.80. The Morgan fingerprint density at radius 2 is 2.10 bits per heavy atom. The van der Waals surface area contributed by atoms with Crippen LogP contribution in [-0.2, 0) is 15.3 Å². The van der Waals surface area contributed by atoms with Crippen LogP contribution in [0, 0.1) is 11.3 Å². The van der Waals surface area contributed by atoms with Crippen LogP contribution in [0.25, 0.3) is 0 Å². The third-order valence-electron chi connectivity index (χ3n) is 3.93. The fraction of sp³-hybridized carbons (Fsp3) is 0.533. The number of benzene rings is 1. The van der Waals surface area contributed by atoms with Gasteiger partial charge < -0.3 is 4.74 Å². The molecule has 4 nitrogen and oxygen atoms in total. The summed E-state index contributed by atoms with van der Waals surface area (Å²) < 4.78 is 29.6. The van der Waals surface area contributed by atoms with Gasteiger partial charge in [0.1, 0.15) is 5.75 Å². The average molecular weight is 293 g/mol. The summed E-state index contributed by atoms with van der Waals surface area (Å²) in [5, 5.41) is 9.21. The molecule has 0 radical (unpaired) electrons. The highest BCUT2D eigenvalue weighted by Crippen LogP contribution is 2.41. The van der Waals surface area contributed by atoms with Crippen LogP contribution >= 0.6 is 0 Å². The Hall–Kier alpha value is -1.54. The van der Waals surface area contributed by atoms with E-state index in [2.05, 4.69) is 6.07 Å². The van der Waals surface area contributed by atoms with Gasteiger partial charge in [0.2, 0.25) is 0 Å². The molecule has 0 saturated carbocycles. The van der Waals surface area contributed by atoms with E-state index in [-0.39, 0.29) is 5.75 Å². The summed E-state index contributed by atoms with van der Waals surface area (Å²) in [6, 6.07) is 9.75. The monoisotopic (exact) mass is 293 g/mol. The summed E-state index contributed by atoms with van der Waals surface area (Å²) in [5.74, 6) is 0.731. The van der Waals surface area contributed by atoms with Gasteiger partial charge in [-0.15, -0.1) is 0 Å². The van der Waals surface area contributed by atoms with Gasteiger partial charge in [-0.25, -0.2) is 8.42 Å². The first-order valence-corrected chi connectivity index (χ1v) is 8.48. The van der Waals surface area contributed by atoms with Crippen molar-refractivity contribution in [2.45, 2.75) is 37.4 Å². The topological polar surface area (TPSA) is 67.2 Å². The van der Waals surface area contributed by atoms with Gasteiger partial charge in [-0.2, -0.15) is 5.26 Å². The molecular weight excluding hydrogens is 274 g/mol. The van der Waals surface area contributed by atoms with Gasteiger partial charge in [0, 0.05) is 12.0 Å². The number of nitriles is 1. The molecule has 1 unspecified atom stereocenters. The van der Waals surface area contributed by atoms with E-state index in [0.717, 1.165) is 5.56 Å². The van der Waals surface area contributed by atoms with Gasteiger partial charge >= 0.3 is 0 Å². The minimum absolute atomic E-state index is 0.0343. The van der Waals surface area contributed by atoms with Crippen LogP contribution in [0.1, 0.15) is 32.3 Å². The lowest BCUT2D eigenvalue weighted by atomic mass is 9.75. The predicted molar refractivity (Wildman–Crippen MR) is 77.4 cm³/mol. The number of fused-ring (bicyclic) bond motifs is 1. The largest absolute Gasteiger partial charge is 0.493 e. The molecule has 0 aromatic heterocycles. The lowest BCUT2D eigenvalue weighted by Gasteiger charge is -2.33. The van der Waals surface area contributed by atoms with Crippen molar-refractivity contribution >= 4 is 9.84 Å². The summed E-state index contributed by atoms with van der Waals surface area (Å²) in [5.41, 5.74) is 0.0595. The van der Waals surface area contributed by atoms with Crippen molar-refractivity contribution in [3.05, 3.63) is 29.8 Å². The molecule has 1 aromatic rings. The smallest absolute Gasteiger partial charge is 0.152 e. The number of para-hydroxylation sites is 1. The number of hydrogen-bond donors (Lipinski definition) is 0. The second kappa shape index (κ2) is 5.45. The Morgan fingerprint density at radius 3 is 2.75 bits per heavy atom. The molecule has 1 heterocycles. The van der Waals surface area contributed by atoms with Crippen LogP contribution in [0.3, 0.4) is 0 Å². The maximum atomic E-state index is 12.0. The Balaban J connectivity index is 2.31. The first kappa shape index (κ1) is 14.9. The van der Waals surface area contributed by atoms with Crippen LogP contribution in [0.5, 0.6) is 5.75 Å². The Labute approximate surface area is 120 Å². The van der Waals surface area contributed by atoms with Crippen molar-refractivity contribution in [1.29, 1.82) is 5.26 Å². The van der Waals surface area contributed by atoms with Gasteiger partial charge in [0.05, 0.1) is 29.1 Å². The molecule has 0 fully saturated rings. The molecule has 1 aliphatic rings. The summed E-state index contributed by atoms with van der Waals surface area (Å²) >= 11 is 0. The van der Waals surface area contributed by atoms with E-state index in [0.29, 0.717) is 25.2 Å². The number of ether oxygens (including phenoxy) is 1. The molecule has 0 amide bonds. The lowest BCUT2D eigenvalue weighted by molar-refractivity contribution is 0.239. The molecule has 1 aliphatic heterocycles. The number of nitrogens with zero attached hydrogens (tertiary/aromatic N) is 1. The molecule has 20 heavy (non-hydrogen) atoms. The third-order valence-corrected chi connectivity index (χ3v) is 6.14. The van der Waals surface area contributed by atoms with Crippen LogP contribution in [0.15, 0.2) is 24.3 Å². The van der Waals surface area contributed by atoms with E-state index >= 15 is 0 Å². The standard InChI is InChI=1S/C15H19NO3S/c1-12(2)20(17,18)10-8-15(11-16)7-9-19-14-6-4-3-5-13(14)15/h3-6,12H,7-10H2,1-2H3. The number of hydrogen-bond acceptors (Lipinski definition) is 4. The quantitative estimate of drug-likeness (QED) is 0.855. The highest BCUT2D eigenvalue weighted by molar-refractivity contribution is 7.91. The number of rotatable bonds is 4. The Morgan fingerprint density at radius 1 is 1.40 bits per heavy atom. The van der Waals surface area contributed by atoms with Gasteiger partial charge in [-0.3, -0.25) is 0 Å². The fourth-order valence-electron chi connectivity index (χ4n) is 2.44. The van der Waals surface area contributed by atoms with Gasteiger partial charge in [-0.1, -0.05) is 18.2 Å². The molecule has 1 atom stereocenters. The highest BCUT2D eigenvalue weighted by Gasteiger charge is 2.39. The molecule has 0 N–H and O–H groups in total. The normalized spacial score (nSPS) is 21.9. The summed E-state index contributed by atoms with van der Waals surface area (Å²) in [6.07, 6.45) is 0.860. The SMILES string of the molecule is CC(C)S(=O)(=O)CCC1(C#N)CCOc2ccccc21. The molecule has 2 rings (SSSR count). The molecule has 1 aromatic carbocycles. The molecule has 0 bridgehead atoms. The van der Waals surface area contributed by atoms with E-state index < -0.39 is 20.5 Å². The predicted octanol–water partition coefficient (Wildman–Crippen LogP) is 2.44. The minimum atomic E-state index is -3.14. The molecule has 0 spiro atoms. The molecule has 5 heteroatoms. The van der Waals surface area contributed by atoms with E-state index in [4.69, 9.17) is 4.74 Å². The van der Waals surface area contributed by atoms with Gasteiger partial charge in [0.25, 0.3) is 0 Å². The van der Waals surface area contributed by atoms with E-state index in [1.165, 1.54) is 0 Å². The van der Waals surface area contributed by atoms with E-state index in [1.807, 2.05) is 24.3 Å². The second-order valence-corrected chi connectivity index (χ2v) is 8.13. The van der Waals surface area contributed by atoms with Crippen molar-refractivity contribution in [1.82, 2.24) is 0 Å². The molecular formula is C15H19NO3S. The van der Waals surface area contributed by atoms with Gasteiger partial charge in [-0.05, 0) is 26.3 Å². The first-order chi connectivity index (χ1) is 9.41. The van der Waals surface area contributed by atoms with Crippen molar-refractivity contribution in [3.63, 3.8) is 0 Å². The number of sulfone groups is 1. The van der Waals surface area contributed by atoms with Crippen molar-refractivity contribution in [2.24, 2.45) is 0 Å². The van der Waals surface area contributed by atoms with Crippen molar-refractivity contribution < 1.29 is 13.2 Å². The Bertz CT molecular complexity index is 631. The zero-order valence-corrected chi connectivity index (χ0v) is 12.6. The third kappa shape index (κ3) is 2.66. The maximum absolute atomic E-state index is 12.0. The van der Waals surface area contributed by atoms with Gasteiger partial charge in [0.15, 0.2) is 9.84 Å². The lowest BCUT2D eigenvalue weighted by Crippen LogP contribution is -2.34. The van der Waals surface area contributed by atoms with Crippen LogP contribution in [0.4, 0.5) is 0 Å². The Kier molecular flexibility index (Phi) is 4.05. The van der Waals surface area contributed by atoms with E-state index in [9.17, 15) is 13.7 Å². The van der Waals surface area contributed by atoms with Crippen molar-refractivity contribution in [2.75, 3.05) is 12.4 Å². The fourth-order valence-corrected chi connectivity index (χ4v) is 3.55. The first-order valence-electron chi connectivity index (χ1n) is 6.76. The molecule has 0 saturated heterocycles. The summed E-state index contributed by atoms with van der Waals surface area (Å²) in [7, 11) is -3.14. The molecule has 108 valence electrons. The zero-order valence-electron chi connectivity index (χ0n) is 11.8. The van der Waals surface area contributed by atoms with Crippen LogP contribution in [0.2, 0.25) is 0 Å². The van der Waals surface area contributed by atoms with E-state index in [1.54, 1.807) is 13.8 Å². The highest BCUT2D eigenvalue weighted by atomic mass is 32.2. The summed E-state index contributed by atoms with van der Waals surface area (Å²) in [4.78, 5) is 0.